The maximum absolute atomic E-state index is 6.38. The first kappa shape index (κ1) is 12.5. The Hall–Kier alpha value is -2.20. The van der Waals surface area contributed by atoms with E-state index in [1.807, 2.05) is 18.2 Å². The molecule has 21 heavy (non-hydrogen) atoms. The molecular weight excluding hydrogens is 262 g/mol. The normalized spacial score (nSPS) is 17.4. The van der Waals surface area contributed by atoms with Crippen LogP contribution in [-0.2, 0) is 5.54 Å². The second kappa shape index (κ2) is 4.67. The maximum Gasteiger partial charge on any atom is 0.258 e. The van der Waals surface area contributed by atoms with E-state index < -0.39 is 5.54 Å². The molecule has 1 saturated carbocycles. The average molecular weight is 279 g/mol. The van der Waals surface area contributed by atoms with Crippen LogP contribution >= 0.6 is 0 Å². The summed E-state index contributed by atoms with van der Waals surface area (Å²) in [6.45, 7) is 0. The van der Waals surface area contributed by atoms with Gasteiger partial charge in [0.2, 0.25) is 0 Å². The zero-order chi connectivity index (χ0) is 14.3. The molecule has 0 spiro atoms. The number of hydrogen-bond acceptors (Lipinski definition) is 4. The van der Waals surface area contributed by atoms with Crippen LogP contribution in [-0.4, -0.2) is 10.1 Å². The second-order valence-electron chi connectivity index (χ2n) is 5.85. The van der Waals surface area contributed by atoms with Crippen molar-refractivity contribution in [3.63, 3.8) is 0 Å². The summed E-state index contributed by atoms with van der Waals surface area (Å²) in [4.78, 5) is 4.54. The predicted octanol–water partition coefficient (Wildman–Crippen LogP) is 3.62. The lowest BCUT2D eigenvalue weighted by atomic mass is 9.98. The van der Waals surface area contributed by atoms with Gasteiger partial charge in [-0.25, -0.2) is 0 Å². The van der Waals surface area contributed by atoms with E-state index in [4.69, 9.17) is 10.3 Å². The largest absolute Gasteiger partial charge is 0.334 e. The van der Waals surface area contributed by atoms with Crippen LogP contribution in [0.1, 0.15) is 31.5 Å². The van der Waals surface area contributed by atoms with Crippen LogP contribution in [0.2, 0.25) is 0 Å². The van der Waals surface area contributed by atoms with E-state index in [-0.39, 0.29) is 0 Å². The molecule has 0 unspecified atom stereocenters. The van der Waals surface area contributed by atoms with Crippen molar-refractivity contribution in [2.45, 2.75) is 31.2 Å². The molecule has 1 fully saturated rings. The Bertz CT molecular complexity index is 787. The fourth-order valence-electron chi connectivity index (χ4n) is 3.09. The van der Waals surface area contributed by atoms with Crippen molar-refractivity contribution in [2.75, 3.05) is 0 Å². The maximum atomic E-state index is 6.38. The molecular formula is C17H17N3O. The first-order valence-corrected chi connectivity index (χ1v) is 7.37. The highest BCUT2D eigenvalue weighted by atomic mass is 16.5. The van der Waals surface area contributed by atoms with E-state index >= 15 is 0 Å². The first-order chi connectivity index (χ1) is 10.2. The van der Waals surface area contributed by atoms with Crippen LogP contribution in [0.25, 0.3) is 22.2 Å². The van der Waals surface area contributed by atoms with E-state index in [2.05, 4.69) is 34.4 Å². The molecule has 4 rings (SSSR count). The van der Waals surface area contributed by atoms with Crippen LogP contribution in [0.5, 0.6) is 0 Å². The van der Waals surface area contributed by atoms with Gasteiger partial charge in [-0.2, -0.15) is 4.98 Å². The van der Waals surface area contributed by atoms with E-state index in [1.165, 1.54) is 5.39 Å². The van der Waals surface area contributed by atoms with E-state index in [1.54, 1.807) is 0 Å². The van der Waals surface area contributed by atoms with Gasteiger partial charge in [-0.1, -0.05) is 48.3 Å². The summed E-state index contributed by atoms with van der Waals surface area (Å²) in [5.74, 6) is 1.19. The van der Waals surface area contributed by atoms with Crippen molar-refractivity contribution in [1.29, 1.82) is 0 Å². The molecule has 3 aromatic rings. The number of aromatic nitrogens is 2. The Kier molecular flexibility index (Phi) is 2.79. The smallest absolute Gasteiger partial charge is 0.258 e. The molecule has 0 radical (unpaired) electrons. The van der Waals surface area contributed by atoms with Crippen LogP contribution < -0.4 is 5.73 Å². The molecule has 1 heterocycles. The van der Waals surface area contributed by atoms with Crippen molar-refractivity contribution in [2.24, 2.45) is 5.73 Å². The Morgan fingerprint density at radius 1 is 1.00 bits per heavy atom. The van der Waals surface area contributed by atoms with Gasteiger partial charge in [0, 0.05) is 5.56 Å². The number of fused-ring (bicyclic) bond motifs is 1. The molecule has 1 aliphatic rings. The molecule has 1 aliphatic carbocycles. The summed E-state index contributed by atoms with van der Waals surface area (Å²) >= 11 is 0. The summed E-state index contributed by atoms with van der Waals surface area (Å²) in [7, 11) is 0. The van der Waals surface area contributed by atoms with Gasteiger partial charge in [-0.3, -0.25) is 0 Å². The number of nitrogens with zero attached hydrogens (tertiary/aromatic N) is 2. The monoisotopic (exact) mass is 279 g/mol. The molecule has 0 aliphatic heterocycles. The molecule has 0 saturated heterocycles. The molecule has 2 N–H and O–H groups in total. The predicted molar refractivity (Wildman–Crippen MR) is 81.6 cm³/mol. The Morgan fingerprint density at radius 3 is 2.57 bits per heavy atom. The van der Waals surface area contributed by atoms with Crippen molar-refractivity contribution in [3.8, 4) is 11.5 Å². The summed E-state index contributed by atoms with van der Waals surface area (Å²) in [6.07, 6.45) is 4.14. The molecule has 0 atom stereocenters. The van der Waals surface area contributed by atoms with Crippen LogP contribution in [0.15, 0.2) is 47.0 Å². The third-order valence-corrected chi connectivity index (χ3v) is 4.36. The van der Waals surface area contributed by atoms with Crippen LogP contribution in [0.4, 0.5) is 0 Å². The minimum absolute atomic E-state index is 0.404. The molecule has 1 aromatic heterocycles. The number of rotatable bonds is 2. The van der Waals surface area contributed by atoms with Gasteiger partial charge < -0.3 is 10.3 Å². The van der Waals surface area contributed by atoms with Gasteiger partial charge in [0.1, 0.15) is 0 Å². The minimum Gasteiger partial charge on any atom is -0.334 e. The van der Waals surface area contributed by atoms with Gasteiger partial charge in [-0.15, -0.1) is 0 Å². The number of hydrogen-bond donors (Lipinski definition) is 1. The third-order valence-electron chi connectivity index (χ3n) is 4.36. The minimum atomic E-state index is -0.404. The second-order valence-corrected chi connectivity index (χ2v) is 5.85. The fourth-order valence-corrected chi connectivity index (χ4v) is 3.09. The van der Waals surface area contributed by atoms with Crippen molar-refractivity contribution >= 4 is 10.8 Å². The van der Waals surface area contributed by atoms with E-state index in [0.717, 1.165) is 36.6 Å². The molecule has 0 bridgehead atoms. The lowest BCUT2D eigenvalue weighted by Gasteiger charge is -2.17. The summed E-state index contributed by atoms with van der Waals surface area (Å²) in [5.41, 5.74) is 6.91. The van der Waals surface area contributed by atoms with Gasteiger partial charge in [0.15, 0.2) is 5.82 Å². The van der Waals surface area contributed by atoms with Gasteiger partial charge >= 0.3 is 0 Å². The topological polar surface area (TPSA) is 64.9 Å². The quantitative estimate of drug-likeness (QED) is 0.778. The molecule has 106 valence electrons. The lowest BCUT2D eigenvalue weighted by molar-refractivity contribution is 0.372. The Balaban J connectivity index is 1.73. The summed E-state index contributed by atoms with van der Waals surface area (Å²) < 4.78 is 5.44. The van der Waals surface area contributed by atoms with E-state index in [0.29, 0.717) is 11.7 Å². The van der Waals surface area contributed by atoms with Gasteiger partial charge in [0.25, 0.3) is 5.89 Å². The van der Waals surface area contributed by atoms with Crippen LogP contribution in [0.3, 0.4) is 0 Å². The molecule has 2 aromatic carbocycles. The van der Waals surface area contributed by atoms with Crippen LogP contribution in [0, 0.1) is 0 Å². The van der Waals surface area contributed by atoms with Gasteiger partial charge in [0.05, 0.1) is 5.54 Å². The highest BCUT2D eigenvalue weighted by Gasteiger charge is 2.36. The molecule has 4 nitrogen and oxygen atoms in total. The Labute approximate surface area is 123 Å². The molecule has 4 heteroatoms. The van der Waals surface area contributed by atoms with Crippen molar-refractivity contribution in [3.05, 3.63) is 48.3 Å². The third kappa shape index (κ3) is 2.12. The highest BCUT2D eigenvalue weighted by Crippen LogP contribution is 2.35. The summed E-state index contributed by atoms with van der Waals surface area (Å²) in [5, 5.41) is 6.48. The number of nitrogens with two attached hydrogens (primary N) is 1. The zero-order valence-corrected chi connectivity index (χ0v) is 11.7. The summed E-state index contributed by atoms with van der Waals surface area (Å²) in [6, 6.07) is 14.4. The lowest BCUT2D eigenvalue weighted by Crippen LogP contribution is -2.34. The SMILES string of the molecule is NC1(c2noc(-c3ccc4ccccc4c3)n2)CCCC1. The number of benzene rings is 2. The highest BCUT2D eigenvalue weighted by molar-refractivity contribution is 5.86. The first-order valence-electron chi connectivity index (χ1n) is 7.37. The molecule has 0 amide bonds. The zero-order valence-electron chi connectivity index (χ0n) is 11.7. The van der Waals surface area contributed by atoms with Crippen molar-refractivity contribution < 1.29 is 4.52 Å². The van der Waals surface area contributed by atoms with Crippen molar-refractivity contribution in [1.82, 2.24) is 10.1 Å². The standard InChI is InChI=1S/C17H17N3O/c18-17(9-3-4-10-17)16-19-15(21-20-16)14-8-7-12-5-1-2-6-13(12)11-14/h1-2,5-8,11H,3-4,9-10,18H2. The van der Waals surface area contributed by atoms with E-state index in [9.17, 15) is 0 Å². The average Bonchev–Trinajstić information content (AvgIpc) is 3.17. The fraction of sp³-hybridized carbons (Fsp3) is 0.294. The van der Waals surface area contributed by atoms with Gasteiger partial charge in [-0.05, 0) is 35.7 Å². The Morgan fingerprint density at radius 2 is 1.76 bits per heavy atom.